The molecule has 1 N–H and O–H groups in total. The number of hydrogen-bond donors (Lipinski definition) is 1. The van der Waals surface area contributed by atoms with Crippen molar-refractivity contribution in [2.24, 2.45) is 0 Å². The molecule has 130 valence electrons. The zero-order valence-electron chi connectivity index (χ0n) is 14.0. The minimum atomic E-state index is 0.722. The Bertz CT molecular complexity index is 840. The van der Waals surface area contributed by atoms with Crippen LogP contribution in [0.1, 0.15) is 19.3 Å². The Balaban J connectivity index is 1.38. The van der Waals surface area contributed by atoms with E-state index in [-0.39, 0.29) is 0 Å². The lowest BCUT2D eigenvalue weighted by atomic mass is 10.1. The normalized spacial score (nSPS) is 15.6. The number of pyridine rings is 1. The van der Waals surface area contributed by atoms with Gasteiger partial charge >= 0.3 is 0 Å². The summed E-state index contributed by atoms with van der Waals surface area (Å²) in [6.45, 7) is 4.16. The van der Waals surface area contributed by atoms with Crippen LogP contribution in [0.3, 0.4) is 0 Å². The molecule has 0 spiro atoms. The molecule has 4 rings (SSSR count). The maximum Gasteiger partial charge on any atom is 0.178 e. The van der Waals surface area contributed by atoms with Crippen molar-refractivity contribution in [3.63, 3.8) is 0 Å². The average molecular weight is 401 g/mol. The predicted octanol–water partition coefficient (Wildman–Crippen LogP) is 4.25. The van der Waals surface area contributed by atoms with Crippen molar-refractivity contribution in [1.82, 2.24) is 19.9 Å². The molecule has 2 aromatic heterocycles. The highest BCUT2D eigenvalue weighted by Gasteiger charge is 2.10. The molecule has 3 heterocycles. The number of halogens is 1. The number of nitrogens with one attached hydrogen (secondary N) is 1. The Hall–Kier alpha value is -1.92. The summed E-state index contributed by atoms with van der Waals surface area (Å²) in [6.07, 6.45) is 5.76. The summed E-state index contributed by atoms with van der Waals surface area (Å²) in [6, 6.07) is 10.0. The third kappa shape index (κ3) is 4.02. The van der Waals surface area contributed by atoms with Crippen molar-refractivity contribution in [3.05, 3.63) is 41.0 Å². The molecule has 0 unspecified atom stereocenters. The number of aromatic nitrogens is 3. The van der Waals surface area contributed by atoms with E-state index in [0.29, 0.717) is 0 Å². The van der Waals surface area contributed by atoms with Crippen molar-refractivity contribution in [1.29, 1.82) is 0 Å². The van der Waals surface area contributed by atoms with Crippen molar-refractivity contribution in [3.8, 4) is 17.1 Å². The van der Waals surface area contributed by atoms with Crippen LogP contribution in [0.15, 0.2) is 41.0 Å². The van der Waals surface area contributed by atoms with Crippen LogP contribution in [0.2, 0.25) is 0 Å². The maximum absolute atomic E-state index is 5.88. The van der Waals surface area contributed by atoms with Gasteiger partial charge in [-0.1, -0.05) is 6.42 Å². The molecule has 0 radical (unpaired) electrons. The number of imidazole rings is 1. The third-order valence-electron chi connectivity index (χ3n) is 4.56. The number of benzene rings is 1. The van der Waals surface area contributed by atoms with Gasteiger partial charge in [0, 0.05) is 22.8 Å². The molecule has 1 aliphatic heterocycles. The molecule has 0 bridgehead atoms. The Morgan fingerprint density at radius 2 is 1.92 bits per heavy atom. The summed E-state index contributed by atoms with van der Waals surface area (Å²) in [5, 5.41) is 0. The lowest BCUT2D eigenvalue weighted by Crippen LogP contribution is -2.33. The molecule has 1 fully saturated rings. The number of aromatic amines is 1. The number of fused-ring (bicyclic) bond motifs is 1. The van der Waals surface area contributed by atoms with Gasteiger partial charge in [0.2, 0.25) is 0 Å². The first-order valence-electron chi connectivity index (χ1n) is 8.75. The zero-order chi connectivity index (χ0) is 17.1. The second kappa shape index (κ2) is 7.54. The van der Waals surface area contributed by atoms with Crippen LogP contribution >= 0.6 is 15.9 Å². The Kier molecular flexibility index (Phi) is 4.99. The first-order valence-corrected chi connectivity index (χ1v) is 9.54. The van der Waals surface area contributed by atoms with Gasteiger partial charge in [0.05, 0.1) is 5.52 Å². The molecule has 25 heavy (non-hydrogen) atoms. The van der Waals surface area contributed by atoms with Gasteiger partial charge in [-0.2, -0.15) is 0 Å². The molecular formula is C19H21BrN4O. The van der Waals surface area contributed by atoms with E-state index < -0.39 is 0 Å². The smallest absolute Gasteiger partial charge is 0.178 e. The first-order chi connectivity index (χ1) is 12.3. The van der Waals surface area contributed by atoms with Crippen molar-refractivity contribution in [2.75, 3.05) is 26.2 Å². The van der Waals surface area contributed by atoms with Gasteiger partial charge in [0.1, 0.15) is 18.2 Å². The molecule has 5 nitrogen and oxygen atoms in total. The van der Waals surface area contributed by atoms with Crippen LogP contribution in [-0.4, -0.2) is 46.1 Å². The van der Waals surface area contributed by atoms with Crippen LogP contribution in [0.25, 0.3) is 22.6 Å². The quantitative estimate of drug-likeness (QED) is 0.695. The van der Waals surface area contributed by atoms with Crippen LogP contribution in [0.5, 0.6) is 5.75 Å². The molecule has 3 aromatic rings. The summed E-state index contributed by atoms with van der Waals surface area (Å²) >= 11 is 3.43. The van der Waals surface area contributed by atoms with Crippen molar-refractivity contribution >= 4 is 27.1 Å². The molecule has 6 heteroatoms. The monoisotopic (exact) mass is 400 g/mol. The molecule has 0 atom stereocenters. The second-order valence-electron chi connectivity index (χ2n) is 6.39. The summed E-state index contributed by atoms with van der Waals surface area (Å²) in [5.74, 6) is 1.72. The van der Waals surface area contributed by atoms with E-state index in [2.05, 4.69) is 35.8 Å². The molecule has 0 aliphatic carbocycles. The highest BCUT2D eigenvalue weighted by molar-refractivity contribution is 9.10. The van der Waals surface area contributed by atoms with Gasteiger partial charge in [-0.05, 0) is 72.2 Å². The van der Waals surface area contributed by atoms with Crippen LogP contribution < -0.4 is 4.74 Å². The molecule has 0 amide bonds. The summed E-state index contributed by atoms with van der Waals surface area (Å²) in [5.41, 5.74) is 2.67. The fourth-order valence-corrected chi connectivity index (χ4v) is 3.53. The number of ether oxygens (including phenoxy) is 1. The van der Waals surface area contributed by atoms with E-state index in [1.165, 1.54) is 32.4 Å². The number of nitrogens with zero attached hydrogens (tertiary/aromatic N) is 3. The topological polar surface area (TPSA) is 54.0 Å². The Labute approximate surface area is 155 Å². The molecule has 0 saturated carbocycles. The van der Waals surface area contributed by atoms with E-state index in [1.54, 1.807) is 6.20 Å². The number of piperidine rings is 1. The Morgan fingerprint density at radius 1 is 1.12 bits per heavy atom. The summed E-state index contributed by atoms with van der Waals surface area (Å²) < 4.78 is 6.82. The molecule has 1 aromatic carbocycles. The SMILES string of the molecule is Brc1cnc2nc(-c3ccc(OCCN4CCCCC4)cc3)[nH]c2c1. The fraction of sp³-hybridized carbons (Fsp3) is 0.368. The van der Waals surface area contributed by atoms with E-state index in [4.69, 9.17) is 4.74 Å². The average Bonchev–Trinajstić information content (AvgIpc) is 3.06. The third-order valence-corrected chi connectivity index (χ3v) is 4.99. The molecule has 1 saturated heterocycles. The highest BCUT2D eigenvalue weighted by Crippen LogP contribution is 2.23. The van der Waals surface area contributed by atoms with E-state index in [0.717, 1.165) is 45.9 Å². The van der Waals surface area contributed by atoms with Gasteiger partial charge in [-0.15, -0.1) is 0 Å². The maximum atomic E-state index is 5.88. The summed E-state index contributed by atoms with van der Waals surface area (Å²) in [7, 11) is 0. The van der Waals surface area contributed by atoms with Crippen LogP contribution in [-0.2, 0) is 0 Å². The van der Waals surface area contributed by atoms with Gasteiger partial charge < -0.3 is 9.72 Å². The van der Waals surface area contributed by atoms with Crippen molar-refractivity contribution < 1.29 is 4.74 Å². The number of H-pyrrole nitrogens is 1. The van der Waals surface area contributed by atoms with E-state index in [1.807, 2.05) is 30.3 Å². The van der Waals surface area contributed by atoms with E-state index in [9.17, 15) is 0 Å². The fourth-order valence-electron chi connectivity index (χ4n) is 3.20. The van der Waals surface area contributed by atoms with Crippen LogP contribution in [0, 0.1) is 0 Å². The van der Waals surface area contributed by atoms with E-state index >= 15 is 0 Å². The van der Waals surface area contributed by atoms with Gasteiger partial charge in [-0.3, -0.25) is 4.90 Å². The minimum absolute atomic E-state index is 0.722. The van der Waals surface area contributed by atoms with Gasteiger partial charge in [0.25, 0.3) is 0 Å². The lowest BCUT2D eigenvalue weighted by molar-refractivity contribution is 0.183. The largest absolute Gasteiger partial charge is 0.492 e. The van der Waals surface area contributed by atoms with Crippen molar-refractivity contribution in [2.45, 2.75) is 19.3 Å². The number of rotatable bonds is 5. The molecule has 1 aliphatic rings. The van der Waals surface area contributed by atoms with Gasteiger partial charge in [0.15, 0.2) is 5.65 Å². The Morgan fingerprint density at radius 3 is 2.72 bits per heavy atom. The minimum Gasteiger partial charge on any atom is -0.492 e. The first kappa shape index (κ1) is 16.5. The zero-order valence-corrected chi connectivity index (χ0v) is 15.6. The standard InChI is InChI=1S/C19H21BrN4O/c20-15-12-17-19(21-13-15)23-18(22-17)14-4-6-16(7-5-14)25-11-10-24-8-2-1-3-9-24/h4-7,12-13H,1-3,8-11H2,(H,21,22,23). The lowest BCUT2D eigenvalue weighted by Gasteiger charge is -2.26. The summed E-state index contributed by atoms with van der Waals surface area (Å²) in [4.78, 5) is 14.6. The second-order valence-corrected chi connectivity index (χ2v) is 7.30. The van der Waals surface area contributed by atoms with Crippen LogP contribution in [0.4, 0.5) is 0 Å². The highest BCUT2D eigenvalue weighted by atomic mass is 79.9. The van der Waals surface area contributed by atoms with Gasteiger partial charge in [-0.25, -0.2) is 9.97 Å². The molecular weight excluding hydrogens is 380 g/mol. The number of likely N-dealkylation sites (tertiary alicyclic amines) is 1. The predicted molar refractivity (Wildman–Crippen MR) is 103 cm³/mol. The number of hydrogen-bond acceptors (Lipinski definition) is 4.